The van der Waals surface area contributed by atoms with Crippen molar-refractivity contribution in [3.8, 4) is 11.8 Å². The third-order valence-electron chi connectivity index (χ3n) is 2.33. The van der Waals surface area contributed by atoms with E-state index in [2.05, 4.69) is 10.6 Å². The highest BCUT2D eigenvalue weighted by atomic mass is 35.5. The number of benzene rings is 1. The first-order valence-electron chi connectivity index (χ1n) is 5.93. The maximum absolute atomic E-state index is 11.7. The van der Waals surface area contributed by atoms with Crippen molar-refractivity contribution in [2.75, 3.05) is 6.54 Å². The average molecular weight is 296 g/mol. The van der Waals surface area contributed by atoms with Crippen molar-refractivity contribution >= 4 is 23.5 Å². The second-order valence-electron chi connectivity index (χ2n) is 3.83. The minimum Gasteiger partial charge on any atom is -0.479 e. The number of carbonyl (C=O) groups is 2. The van der Waals surface area contributed by atoms with Crippen molar-refractivity contribution in [2.24, 2.45) is 0 Å². The van der Waals surface area contributed by atoms with E-state index in [1.54, 1.807) is 19.1 Å². The van der Waals surface area contributed by atoms with Crippen LogP contribution in [0.4, 0.5) is 4.79 Å². The van der Waals surface area contributed by atoms with Crippen LogP contribution < -0.4 is 15.4 Å². The van der Waals surface area contributed by atoms with Crippen LogP contribution in [0.2, 0.25) is 5.02 Å². The number of nitrogens with one attached hydrogen (secondary N) is 2. The van der Waals surface area contributed by atoms with Gasteiger partial charge in [0.25, 0.3) is 5.91 Å². The molecule has 0 spiro atoms. The molecule has 0 aromatic heterocycles. The molecule has 7 heteroatoms. The molecule has 0 heterocycles. The number of imide groups is 1. The number of rotatable bonds is 4. The van der Waals surface area contributed by atoms with Gasteiger partial charge in [-0.15, -0.1) is 0 Å². The number of ether oxygens (including phenoxy) is 1. The molecule has 0 radical (unpaired) electrons. The Labute approximate surface area is 121 Å². The highest BCUT2D eigenvalue weighted by Crippen LogP contribution is 2.26. The zero-order valence-electron chi connectivity index (χ0n) is 11.1. The first-order valence-corrected chi connectivity index (χ1v) is 6.31. The van der Waals surface area contributed by atoms with Crippen molar-refractivity contribution in [1.82, 2.24) is 10.6 Å². The van der Waals surface area contributed by atoms with Gasteiger partial charge in [0.1, 0.15) is 17.4 Å². The fourth-order valence-electron chi connectivity index (χ4n) is 1.37. The lowest BCUT2D eigenvalue weighted by atomic mass is 10.2. The van der Waals surface area contributed by atoms with Crippen LogP contribution in [0, 0.1) is 11.3 Å². The quantitative estimate of drug-likeness (QED) is 0.886. The molecule has 20 heavy (non-hydrogen) atoms. The summed E-state index contributed by atoms with van der Waals surface area (Å²) in [6.07, 6.45) is -0.942. The number of nitriles is 1. The van der Waals surface area contributed by atoms with Crippen LogP contribution in [0.1, 0.15) is 19.4 Å². The SMILES string of the molecule is CCNC(=O)NC(=O)C(C)Oc1cccc(Cl)c1C#N. The predicted octanol–water partition coefficient (Wildman–Crippen LogP) is 1.82. The zero-order chi connectivity index (χ0) is 15.1. The minimum absolute atomic E-state index is 0.145. The molecule has 1 aromatic rings. The largest absolute Gasteiger partial charge is 0.479 e. The minimum atomic E-state index is -0.942. The van der Waals surface area contributed by atoms with E-state index in [0.29, 0.717) is 6.54 Å². The summed E-state index contributed by atoms with van der Waals surface area (Å²) in [6, 6.07) is 5.98. The fraction of sp³-hybridized carbons (Fsp3) is 0.308. The molecular weight excluding hydrogens is 282 g/mol. The molecule has 0 saturated heterocycles. The van der Waals surface area contributed by atoms with Gasteiger partial charge < -0.3 is 10.1 Å². The van der Waals surface area contributed by atoms with E-state index in [1.165, 1.54) is 13.0 Å². The molecule has 2 N–H and O–H groups in total. The average Bonchev–Trinajstić information content (AvgIpc) is 2.39. The van der Waals surface area contributed by atoms with Gasteiger partial charge in [0.2, 0.25) is 0 Å². The van der Waals surface area contributed by atoms with E-state index in [-0.39, 0.29) is 16.3 Å². The molecule has 1 rings (SSSR count). The molecule has 106 valence electrons. The molecule has 0 aliphatic heterocycles. The van der Waals surface area contributed by atoms with Crippen molar-refractivity contribution in [3.63, 3.8) is 0 Å². The van der Waals surface area contributed by atoms with Crippen LogP contribution in [0.25, 0.3) is 0 Å². The Morgan fingerprint density at radius 3 is 2.80 bits per heavy atom. The van der Waals surface area contributed by atoms with Gasteiger partial charge in [-0.05, 0) is 26.0 Å². The van der Waals surface area contributed by atoms with E-state index in [9.17, 15) is 9.59 Å². The van der Waals surface area contributed by atoms with Crippen LogP contribution in [0.5, 0.6) is 5.75 Å². The third-order valence-corrected chi connectivity index (χ3v) is 2.65. The Morgan fingerprint density at radius 1 is 1.50 bits per heavy atom. The first-order chi connectivity index (χ1) is 9.49. The maximum atomic E-state index is 11.7. The molecule has 0 aliphatic carbocycles. The smallest absolute Gasteiger partial charge is 0.321 e. The van der Waals surface area contributed by atoms with Gasteiger partial charge in [0.15, 0.2) is 6.10 Å². The summed E-state index contributed by atoms with van der Waals surface area (Å²) in [4.78, 5) is 22.9. The van der Waals surface area contributed by atoms with Crippen molar-refractivity contribution in [2.45, 2.75) is 20.0 Å². The Morgan fingerprint density at radius 2 is 2.20 bits per heavy atom. The molecule has 0 aliphatic rings. The highest BCUT2D eigenvalue weighted by molar-refractivity contribution is 6.31. The summed E-state index contributed by atoms with van der Waals surface area (Å²) in [5, 5.41) is 13.8. The van der Waals surface area contributed by atoms with Crippen LogP contribution in [-0.2, 0) is 4.79 Å². The predicted molar refractivity (Wildman–Crippen MR) is 73.5 cm³/mol. The molecule has 1 aromatic carbocycles. The Kier molecular flexibility index (Phi) is 5.81. The summed E-state index contributed by atoms with van der Waals surface area (Å²) < 4.78 is 5.36. The van der Waals surface area contributed by atoms with E-state index < -0.39 is 18.0 Å². The van der Waals surface area contributed by atoms with Crippen LogP contribution >= 0.6 is 11.6 Å². The molecule has 0 fully saturated rings. The Balaban J connectivity index is 2.74. The van der Waals surface area contributed by atoms with Crippen LogP contribution in [-0.4, -0.2) is 24.6 Å². The summed E-state index contributed by atoms with van der Waals surface area (Å²) >= 11 is 5.85. The lowest BCUT2D eigenvalue weighted by Gasteiger charge is -2.15. The van der Waals surface area contributed by atoms with Gasteiger partial charge in [-0.3, -0.25) is 10.1 Å². The highest BCUT2D eigenvalue weighted by Gasteiger charge is 2.19. The van der Waals surface area contributed by atoms with Crippen LogP contribution in [0.15, 0.2) is 18.2 Å². The topological polar surface area (TPSA) is 91.2 Å². The number of urea groups is 1. The molecule has 6 nitrogen and oxygen atoms in total. The fourth-order valence-corrected chi connectivity index (χ4v) is 1.58. The molecule has 1 atom stereocenters. The molecule has 1 unspecified atom stereocenters. The lowest BCUT2D eigenvalue weighted by molar-refractivity contribution is -0.126. The van der Waals surface area contributed by atoms with Crippen LogP contribution in [0.3, 0.4) is 0 Å². The van der Waals surface area contributed by atoms with Gasteiger partial charge in [-0.25, -0.2) is 4.79 Å². The van der Waals surface area contributed by atoms with Crippen molar-refractivity contribution < 1.29 is 14.3 Å². The van der Waals surface area contributed by atoms with Crippen molar-refractivity contribution in [1.29, 1.82) is 5.26 Å². The number of hydrogen-bond donors (Lipinski definition) is 2. The lowest BCUT2D eigenvalue weighted by Crippen LogP contribution is -2.45. The van der Waals surface area contributed by atoms with E-state index in [1.807, 2.05) is 6.07 Å². The van der Waals surface area contributed by atoms with Gasteiger partial charge in [0.05, 0.1) is 5.02 Å². The van der Waals surface area contributed by atoms with E-state index in [4.69, 9.17) is 21.6 Å². The normalized spacial score (nSPS) is 11.1. The van der Waals surface area contributed by atoms with Gasteiger partial charge in [-0.1, -0.05) is 17.7 Å². The van der Waals surface area contributed by atoms with Crippen molar-refractivity contribution in [3.05, 3.63) is 28.8 Å². The monoisotopic (exact) mass is 295 g/mol. The van der Waals surface area contributed by atoms with E-state index in [0.717, 1.165) is 0 Å². The summed E-state index contributed by atoms with van der Waals surface area (Å²) in [5.74, 6) is -0.418. The standard InChI is InChI=1S/C13H14ClN3O3/c1-3-16-13(19)17-12(18)8(2)20-11-6-4-5-10(14)9(11)7-15/h4-6,8H,3H2,1-2H3,(H2,16,17,18,19). The Hall–Kier alpha value is -2.26. The van der Waals surface area contributed by atoms with Gasteiger partial charge >= 0.3 is 6.03 Å². The zero-order valence-corrected chi connectivity index (χ0v) is 11.8. The second kappa shape index (κ2) is 7.36. The number of carbonyl (C=O) groups excluding carboxylic acids is 2. The molecule has 0 bridgehead atoms. The number of nitrogens with zero attached hydrogens (tertiary/aromatic N) is 1. The van der Waals surface area contributed by atoms with E-state index >= 15 is 0 Å². The number of hydrogen-bond acceptors (Lipinski definition) is 4. The number of halogens is 1. The summed E-state index contributed by atoms with van der Waals surface area (Å²) in [7, 11) is 0. The third kappa shape index (κ3) is 4.14. The summed E-state index contributed by atoms with van der Waals surface area (Å²) in [5.41, 5.74) is 0.145. The summed E-state index contributed by atoms with van der Waals surface area (Å²) in [6.45, 7) is 3.60. The molecule has 3 amide bonds. The molecular formula is C13H14ClN3O3. The Bertz CT molecular complexity index is 554. The van der Waals surface area contributed by atoms with Gasteiger partial charge in [-0.2, -0.15) is 5.26 Å². The maximum Gasteiger partial charge on any atom is 0.321 e. The van der Waals surface area contributed by atoms with Gasteiger partial charge in [0, 0.05) is 6.54 Å². The number of amides is 3. The first kappa shape index (κ1) is 15.8. The second-order valence-corrected chi connectivity index (χ2v) is 4.24. The molecule has 0 saturated carbocycles.